The van der Waals surface area contributed by atoms with Crippen molar-refractivity contribution in [2.45, 2.75) is 48.6 Å². The summed E-state index contributed by atoms with van der Waals surface area (Å²) in [6.45, 7) is 4.14. The third-order valence-electron chi connectivity index (χ3n) is 6.87. The molecule has 10 nitrogen and oxygen atoms in total. The van der Waals surface area contributed by atoms with E-state index in [1.54, 1.807) is 19.4 Å². The Bertz CT molecular complexity index is 1290. The van der Waals surface area contributed by atoms with Crippen LogP contribution in [0.3, 0.4) is 0 Å². The fourth-order valence-corrected chi connectivity index (χ4v) is 5.89. The molecule has 3 N–H and O–H groups in total. The molecule has 0 bridgehead atoms. The van der Waals surface area contributed by atoms with E-state index in [9.17, 15) is 18.0 Å². The van der Waals surface area contributed by atoms with Crippen molar-refractivity contribution in [3.8, 4) is 11.6 Å². The maximum Gasteiger partial charge on any atom is 0.259 e. The molecular weight excluding hydrogens is 472 g/mol. The maximum absolute atomic E-state index is 13.0. The number of carbonyl (C=O) groups excluding carboxylic acids is 2. The number of rotatable bonds is 9. The number of nitrogens with one attached hydrogen (secondary N) is 3. The third-order valence-corrected chi connectivity index (χ3v) is 8.69. The van der Waals surface area contributed by atoms with E-state index in [1.807, 2.05) is 24.3 Å². The number of sulfonamides is 1. The van der Waals surface area contributed by atoms with Crippen LogP contribution in [0.5, 0.6) is 11.6 Å². The Balaban J connectivity index is 1.23. The molecule has 1 aromatic heterocycles. The number of methoxy groups -OCH3 is 1. The lowest BCUT2D eigenvalue weighted by molar-refractivity contribution is -0.130. The average Bonchev–Trinajstić information content (AvgIpc) is 3.76. The number of nitrogens with zero attached hydrogens (tertiary/aromatic N) is 1. The molecule has 35 heavy (non-hydrogen) atoms. The van der Waals surface area contributed by atoms with Gasteiger partial charge in [0.15, 0.2) is 0 Å². The molecule has 4 atom stereocenters. The molecule has 3 aliphatic rings. The molecule has 0 radical (unpaired) electrons. The molecule has 5 rings (SSSR count). The predicted octanol–water partition coefficient (Wildman–Crippen LogP) is 1.02. The number of amides is 2. The van der Waals surface area contributed by atoms with Crippen LogP contribution in [0.25, 0.3) is 10.8 Å². The Morgan fingerprint density at radius 1 is 1.29 bits per heavy atom. The van der Waals surface area contributed by atoms with Crippen LogP contribution in [0.15, 0.2) is 43.1 Å². The molecule has 1 unspecified atom stereocenters. The van der Waals surface area contributed by atoms with Crippen molar-refractivity contribution in [3.05, 3.63) is 43.1 Å². The highest BCUT2D eigenvalue weighted by atomic mass is 32.2. The highest BCUT2D eigenvalue weighted by Crippen LogP contribution is 2.45. The van der Waals surface area contributed by atoms with Gasteiger partial charge in [0.2, 0.25) is 21.8 Å². The fraction of sp³-hybridized carbons (Fsp3) is 0.458. The second-order valence-corrected chi connectivity index (χ2v) is 11.3. The van der Waals surface area contributed by atoms with E-state index in [-0.39, 0.29) is 17.9 Å². The summed E-state index contributed by atoms with van der Waals surface area (Å²) in [4.78, 5) is 30.2. The van der Waals surface area contributed by atoms with Gasteiger partial charge in [-0.05, 0) is 48.9 Å². The zero-order valence-corrected chi connectivity index (χ0v) is 20.1. The van der Waals surface area contributed by atoms with Crippen molar-refractivity contribution in [1.29, 1.82) is 0 Å². The molecule has 0 spiro atoms. The first kappa shape index (κ1) is 23.6. The van der Waals surface area contributed by atoms with Crippen LogP contribution in [-0.2, 0) is 19.6 Å². The second kappa shape index (κ2) is 8.80. The van der Waals surface area contributed by atoms with E-state index in [4.69, 9.17) is 9.47 Å². The van der Waals surface area contributed by atoms with Crippen molar-refractivity contribution in [2.75, 3.05) is 13.7 Å². The van der Waals surface area contributed by atoms with Gasteiger partial charge in [-0.1, -0.05) is 6.08 Å². The van der Waals surface area contributed by atoms with Gasteiger partial charge in [0, 0.05) is 30.5 Å². The van der Waals surface area contributed by atoms with Crippen LogP contribution in [0.4, 0.5) is 0 Å². The summed E-state index contributed by atoms with van der Waals surface area (Å²) in [5.74, 6) is -0.215. The molecule has 2 saturated carbocycles. The Morgan fingerprint density at radius 2 is 2.09 bits per heavy atom. The van der Waals surface area contributed by atoms with Crippen LogP contribution in [0, 0.1) is 5.92 Å². The number of carbonyl (C=O) groups is 2. The number of benzene rings is 1. The zero-order valence-electron chi connectivity index (χ0n) is 19.3. The van der Waals surface area contributed by atoms with E-state index in [1.165, 1.54) is 0 Å². The van der Waals surface area contributed by atoms with Crippen molar-refractivity contribution in [2.24, 2.45) is 5.92 Å². The molecule has 1 saturated heterocycles. The highest BCUT2D eigenvalue weighted by Gasteiger charge is 2.61. The number of aromatic nitrogens is 1. The standard InChI is InChI=1S/C24H28N4O6S/c1-3-15-12-24(15,23(30)28-35(31,32)18-5-6-18)27-21(29)20-11-17(13-26-20)34-22-19-7-4-16(33-2)10-14(19)8-9-25-22/h3-4,7-10,15,17-18,20,26H,1,5-6,11-13H2,2H3,(H,27,29)(H,28,30)/t15-,17-,20?,24-/m1/s1. The van der Waals surface area contributed by atoms with E-state index < -0.39 is 32.8 Å². The lowest BCUT2D eigenvalue weighted by atomic mass is 10.1. The smallest absolute Gasteiger partial charge is 0.259 e. The van der Waals surface area contributed by atoms with Gasteiger partial charge < -0.3 is 20.1 Å². The van der Waals surface area contributed by atoms with Crippen LogP contribution < -0.4 is 24.8 Å². The lowest BCUT2D eigenvalue weighted by Gasteiger charge is -2.21. The molecule has 186 valence electrons. The van der Waals surface area contributed by atoms with Gasteiger partial charge in [0.1, 0.15) is 17.4 Å². The van der Waals surface area contributed by atoms with Crippen LogP contribution >= 0.6 is 0 Å². The van der Waals surface area contributed by atoms with E-state index in [2.05, 4.69) is 26.9 Å². The highest BCUT2D eigenvalue weighted by molar-refractivity contribution is 7.91. The van der Waals surface area contributed by atoms with Gasteiger partial charge in [0.05, 0.1) is 18.4 Å². The van der Waals surface area contributed by atoms with Gasteiger partial charge in [-0.25, -0.2) is 13.4 Å². The molecule has 1 aliphatic heterocycles. The maximum atomic E-state index is 13.0. The monoisotopic (exact) mass is 500 g/mol. The first-order valence-corrected chi connectivity index (χ1v) is 13.1. The Labute approximate surface area is 203 Å². The van der Waals surface area contributed by atoms with Crippen molar-refractivity contribution in [3.63, 3.8) is 0 Å². The number of ether oxygens (including phenoxy) is 2. The lowest BCUT2D eigenvalue weighted by Crippen LogP contribution is -2.55. The summed E-state index contributed by atoms with van der Waals surface area (Å²) in [6.07, 6.45) is 4.68. The Morgan fingerprint density at radius 3 is 2.77 bits per heavy atom. The Hall–Kier alpha value is -3.18. The quantitative estimate of drug-likeness (QED) is 0.435. The summed E-state index contributed by atoms with van der Waals surface area (Å²) in [6, 6.07) is 6.88. The summed E-state index contributed by atoms with van der Waals surface area (Å²) in [5.41, 5.74) is -1.29. The molecule has 2 heterocycles. The average molecular weight is 501 g/mol. The molecule has 11 heteroatoms. The number of hydrogen-bond donors (Lipinski definition) is 3. The largest absolute Gasteiger partial charge is 0.497 e. The van der Waals surface area contributed by atoms with Crippen molar-refractivity contribution >= 4 is 32.6 Å². The van der Waals surface area contributed by atoms with Crippen LogP contribution in [0.1, 0.15) is 25.7 Å². The third kappa shape index (κ3) is 4.57. The molecular formula is C24H28N4O6S. The van der Waals surface area contributed by atoms with Gasteiger partial charge in [-0.15, -0.1) is 6.58 Å². The zero-order chi connectivity index (χ0) is 24.8. The summed E-state index contributed by atoms with van der Waals surface area (Å²) >= 11 is 0. The van der Waals surface area contributed by atoms with Gasteiger partial charge in [-0.3, -0.25) is 14.3 Å². The minimum atomic E-state index is -3.72. The normalized spacial score (nSPS) is 27.7. The first-order valence-electron chi connectivity index (χ1n) is 11.6. The van der Waals surface area contributed by atoms with Gasteiger partial charge in [-0.2, -0.15) is 0 Å². The molecule has 2 aliphatic carbocycles. The second-order valence-electron chi connectivity index (χ2n) is 9.32. The minimum absolute atomic E-state index is 0.305. The molecule has 2 aromatic rings. The van der Waals surface area contributed by atoms with Crippen molar-refractivity contribution < 1.29 is 27.5 Å². The van der Waals surface area contributed by atoms with Gasteiger partial charge in [0.25, 0.3) is 5.91 Å². The molecule has 1 aromatic carbocycles. The minimum Gasteiger partial charge on any atom is -0.497 e. The predicted molar refractivity (Wildman–Crippen MR) is 128 cm³/mol. The van der Waals surface area contributed by atoms with Crippen LogP contribution in [-0.4, -0.2) is 61.8 Å². The number of fused-ring (bicyclic) bond motifs is 1. The van der Waals surface area contributed by atoms with Crippen molar-refractivity contribution in [1.82, 2.24) is 20.3 Å². The molecule has 2 amide bonds. The summed E-state index contributed by atoms with van der Waals surface area (Å²) in [5, 5.41) is 7.14. The Kier molecular flexibility index (Phi) is 5.92. The van der Waals surface area contributed by atoms with Gasteiger partial charge >= 0.3 is 0 Å². The first-order chi connectivity index (χ1) is 16.8. The van der Waals surface area contributed by atoms with E-state index >= 15 is 0 Å². The van der Waals surface area contributed by atoms with Crippen LogP contribution in [0.2, 0.25) is 0 Å². The van der Waals surface area contributed by atoms with E-state index in [0.717, 1.165) is 16.5 Å². The fourth-order valence-electron chi connectivity index (χ4n) is 4.52. The SMILES string of the molecule is C=C[C@@H]1C[C@]1(NC(=O)C1C[C@@H](Oc2nccc3cc(OC)ccc23)CN1)C(=O)NS(=O)(=O)C1CC1. The van der Waals surface area contributed by atoms with E-state index in [0.29, 0.717) is 38.1 Å². The topological polar surface area (TPSA) is 136 Å². The number of pyridine rings is 1. The summed E-state index contributed by atoms with van der Waals surface area (Å²) < 4.78 is 38.0. The number of hydrogen-bond acceptors (Lipinski definition) is 8. The summed E-state index contributed by atoms with van der Waals surface area (Å²) in [7, 11) is -2.11. The molecule has 3 fully saturated rings.